The van der Waals surface area contributed by atoms with E-state index >= 15 is 0 Å². The molecule has 1 aliphatic carbocycles. The molecule has 0 radical (unpaired) electrons. The highest BCUT2D eigenvalue weighted by molar-refractivity contribution is 8.00. The van der Waals surface area contributed by atoms with E-state index in [1.807, 2.05) is 37.3 Å². The molecule has 3 aromatic rings. The highest BCUT2D eigenvalue weighted by Gasteiger charge is 2.24. The van der Waals surface area contributed by atoms with Crippen molar-refractivity contribution in [3.63, 3.8) is 0 Å². The molecule has 1 amide bonds. The van der Waals surface area contributed by atoms with Crippen molar-refractivity contribution < 1.29 is 4.79 Å². The fraction of sp³-hybridized carbons (Fsp3) is 0.409. The van der Waals surface area contributed by atoms with Crippen LogP contribution >= 0.6 is 23.1 Å². The van der Waals surface area contributed by atoms with Crippen molar-refractivity contribution in [3.05, 3.63) is 56.7 Å². The number of hydrogen-bond acceptors (Lipinski definition) is 5. The lowest BCUT2D eigenvalue weighted by atomic mass is 10.2. The molecule has 2 heterocycles. The molecule has 0 saturated carbocycles. The topological polar surface area (TPSA) is 64.0 Å². The van der Waals surface area contributed by atoms with Crippen LogP contribution in [0.1, 0.15) is 42.7 Å². The van der Waals surface area contributed by atoms with Gasteiger partial charge in [-0.05, 0) is 43.7 Å². The SMILES string of the molecule is CCCn1c(S[C@H](C)C(=O)NCc2ccccc2)nc2sc3c(c2c1=O)CCC3. The molecule has 0 spiro atoms. The highest BCUT2D eigenvalue weighted by atomic mass is 32.2. The van der Waals surface area contributed by atoms with Crippen molar-refractivity contribution in [1.29, 1.82) is 0 Å². The van der Waals surface area contributed by atoms with Crippen LogP contribution in [-0.2, 0) is 30.7 Å². The number of aryl methyl sites for hydroxylation is 2. The summed E-state index contributed by atoms with van der Waals surface area (Å²) in [5.74, 6) is -0.0510. The fourth-order valence-corrected chi connectivity index (χ4v) is 5.97. The van der Waals surface area contributed by atoms with Gasteiger partial charge in [0.05, 0.1) is 10.6 Å². The number of rotatable bonds is 7. The van der Waals surface area contributed by atoms with Gasteiger partial charge < -0.3 is 5.32 Å². The van der Waals surface area contributed by atoms with Crippen LogP contribution in [0.15, 0.2) is 40.3 Å². The maximum absolute atomic E-state index is 13.2. The van der Waals surface area contributed by atoms with E-state index in [9.17, 15) is 9.59 Å². The van der Waals surface area contributed by atoms with E-state index in [2.05, 4.69) is 12.2 Å². The number of aromatic nitrogens is 2. The smallest absolute Gasteiger partial charge is 0.263 e. The highest BCUT2D eigenvalue weighted by Crippen LogP contribution is 2.36. The van der Waals surface area contributed by atoms with E-state index in [4.69, 9.17) is 4.98 Å². The Morgan fingerprint density at radius 2 is 2.10 bits per heavy atom. The predicted octanol–water partition coefficient (Wildman–Crippen LogP) is 4.15. The van der Waals surface area contributed by atoms with Gasteiger partial charge in [-0.3, -0.25) is 14.2 Å². The van der Waals surface area contributed by atoms with Gasteiger partial charge in [0.1, 0.15) is 4.83 Å². The van der Waals surface area contributed by atoms with Crippen LogP contribution in [0.3, 0.4) is 0 Å². The minimum absolute atomic E-state index is 0.0510. The van der Waals surface area contributed by atoms with Crippen LogP contribution in [0.25, 0.3) is 10.2 Å². The van der Waals surface area contributed by atoms with E-state index < -0.39 is 0 Å². The fourth-order valence-electron chi connectivity index (χ4n) is 3.71. The normalized spacial score (nSPS) is 14.1. The van der Waals surface area contributed by atoms with Gasteiger partial charge in [-0.25, -0.2) is 4.98 Å². The number of carbonyl (C=O) groups excluding carboxylic acids is 1. The summed E-state index contributed by atoms with van der Waals surface area (Å²) in [6.07, 6.45) is 3.99. The number of thioether (sulfide) groups is 1. The van der Waals surface area contributed by atoms with Crippen LogP contribution in [0, 0.1) is 0 Å². The lowest BCUT2D eigenvalue weighted by Crippen LogP contribution is -2.31. The van der Waals surface area contributed by atoms with Gasteiger partial charge in [0, 0.05) is 18.0 Å². The first-order chi connectivity index (χ1) is 14.1. The number of thiophene rings is 1. The molecule has 1 N–H and O–H groups in total. The number of carbonyl (C=O) groups is 1. The monoisotopic (exact) mass is 427 g/mol. The summed E-state index contributed by atoms with van der Waals surface area (Å²) in [7, 11) is 0. The van der Waals surface area contributed by atoms with Crippen molar-refractivity contribution in [2.45, 2.75) is 63.0 Å². The number of fused-ring (bicyclic) bond motifs is 3. The van der Waals surface area contributed by atoms with Crippen molar-refractivity contribution in [2.75, 3.05) is 0 Å². The summed E-state index contributed by atoms with van der Waals surface area (Å²) in [4.78, 5) is 32.8. The molecule has 2 aromatic heterocycles. The Morgan fingerprint density at radius 1 is 1.31 bits per heavy atom. The quantitative estimate of drug-likeness (QED) is 0.454. The zero-order chi connectivity index (χ0) is 20.4. The molecule has 29 heavy (non-hydrogen) atoms. The van der Waals surface area contributed by atoms with Crippen LogP contribution < -0.4 is 10.9 Å². The van der Waals surface area contributed by atoms with Gasteiger partial charge in [-0.15, -0.1) is 11.3 Å². The third-order valence-electron chi connectivity index (χ3n) is 5.20. The molecule has 0 saturated heterocycles. The van der Waals surface area contributed by atoms with Crippen LogP contribution in [-0.4, -0.2) is 20.7 Å². The van der Waals surface area contributed by atoms with Crippen molar-refractivity contribution in [3.8, 4) is 0 Å². The van der Waals surface area contributed by atoms with E-state index in [-0.39, 0.29) is 16.7 Å². The van der Waals surface area contributed by atoms with Gasteiger partial charge in [0.15, 0.2) is 5.16 Å². The Kier molecular flexibility index (Phi) is 6.06. The third-order valence-corrected chi connectivity index (χ3v) is 7.47. The molecular formula is C22H25N3O2S2. The molecule has 0 fully saturated rings. The molecule has 7 heteroatoms. The largest absolute Gasteiger partial charge is 0.351 e. The summed E-state index contributed by atoms with van der Waals surface area (Å²) in [6, 6.07) is 9.85. The summed E-state index contributed by atoms with van der Waals surface area (Å²) < 4.78 is 1.76. The zero-order valence-electron chi connectivity index (χ0n) is 16.7. The number of hydrogen-bond donors (Lipinski definition) is 1. The second kappa shape index (κ2) is 8.71. The average molecular weight is 428 g/mol. The van der Waals surface area contributed by atoms with E-state index in [0.717, 1.165) is 41.5 Å². The first kappa shape index (κ1) is 20.2. The molecule has 1 aliphatic rings. The second-order valence-corrected chi connectivity index (χ2v) is 9.74. The third kappa shape index (κ3) is 4.12. The molecule has 1 atom stereocenters. The molecule has 0 unspecified atom stereocenters. The maximum atomic E-state index is 13.2. The van der Waals surface area contributed by atoms with Crippen LogP contribution in [0.5, 0.6) is 0 Å². The first-order valence-corrected chi connectivity index (χ1v) is 11.8. The second-order valence-electron chi connectivity index (χ2n) is 7.35. The summed E-state index contributed by atoms with van der Waals surface area (Å²) >= 11 is 3.02. The number of amides is 1. The van der Waals surface area contributed by atoms with E-state index in [0.29, 0.717) is 18.2 Å². The van der Waals surface area contributed by atoms with E-state index in [1.165, 1.54) is 22.2 Å². The minimum Gasteiger partial charge on any atom is -0.351 e. The molecule has 152 valence electrons. The molecular weight excluding hydrogens is 402 g/mol. The summed E-state index contributed by atoms with van der Waals surface area (Å²) in [6.45, 7) is 5.04. The Bertz CT molecular complexity index is 1090. The minimum atomic E-state index is -0.335. The number of benzene rings is 1. The maximum Gasteiger partial charge on any atom is 0.263 e. The number of nitrogens with one attached hydrogen (secondary N) is 1. The molecule has 1 aromatic carbocycles. The molecule has 0 aliphatic heterocycles. The van der Waals surface area contributed by atoms with Crippen molar-refractivity contribution in [2.24, 2.45) is 0 Å². The molecule has 5 nitrogen and oxygen atoms in total. The van der Waals surface area contributed by atoms with E-state index in [1.54, 1.807) is 15.9 Å². The summed E-state index contributed by atoms with van der Waals surface area (Å²) in [5.41, 5.74) is 2.32. The van der Waals surface area contributed by atoms with Gasteiger partial charge in [0.2, 0.25) is 5.91 Å². The van der Waals surface area contributed by atoms with Crippen molar-refractivity contribution in [1.82, 2.24) is 14.9 Å². The molecule has 0 bridgehead atoms. The Balaban J connectivity index is 1.57. The van der Waals surface area contributed by atoms with Gasteiger partial charge >= 0.3 is 0 Å². The van der Waals surface area contributed by atoms with Gasteiger partial charge in [-0.1, -0.05) is 49.0 Å². The van der Waals surface area contributed by atoms with Crippen molar-refractivity contribution >= 4 is 39.2 Å². The number of nitrogens with zero attached hydrogens (tertiary/aromatic N) is 2. The van der Waals surface area contributed by atoms with Gasteiger partial charge in [-0.2, -0.15) is 0 Å². The zero-order valence-corrected chi connectivity index (χ0v) is 18.4. The average Bonchev–Trinajstić information content (AvgIpc) is 3.30. The van der Waals surface area contributed by atoms with Crippen LogP contribution in [0.2, 0.25) is 0 Å². The predicted molar refractivity (Wildman–Crippen MR) is 120 cm³/mol. The Hall–Kier alpha value is -2.12. The first-order valence-electron chi connectivity index (χ1n) is 10.1. The Morgan fingerprint density at radius 3 is 2.86 bits per heavy atom. The Labute approximate surface area is 178 Å². The van der Waals surface area contributed by atoms with Crippen LogP contribution in [0.4, 0.5) is 0 Å². The standard InChI is InChI=1S/C22H25N3O2S2/c1-3-12-25-21(27)18-16-10-7-11-17(16)29-20(18)24-22(25)28-14(2)19(26)23-13-15-8-5-4-6-9-15/h4-6,8-9,14H,3,7,10-13H2,1-2H3,(H,23,26)/t14-/m1/s1. The van der Waals surface area contributed by atoms with Gasteiger partial charge in [0.25, 0.3) is 5.56 Å². The lowest BCUT2D eigenvalue weighted by Gasteiger charge is -2.15. The summed E-state index contributed by atoms with van der Waals surface area (Å²) in [5, 5.41) is 4.10. The lowest BCUT2D eigenvalue weighted by molar-refractivity contribution is -0.120. The molecule has 4 rings (SSSR count).